The predicted molar refractivity (Wildman–Crippen MR) is 102 cm³/mol. The van der Waals surface area contributed by atoms with Gasteiger partial charge in [0.25, 0.3) is 0 Å². The van der Waals surface area contributed by atoms with Gasteiger partial charge in [0, 0.05) is 11.8 Å². The van der Waals surface area contributed by atoms with Crippen molar-refractivity contribution in [3.63, 3.8) is 0 Å². The van der Waals surface area contributed by atoms with Crippen LogP contribution in [0.4, 0.5) is 5.82 Å². The molecule has 3 heterocycles. The minimum absolute atomic E-state index is 0.0390. The number of H-pyrrole nitrogens is 1. The summed E-state index contributed by atoms with van der Waals surface area (Å²) in [4.78, 5) is 24.8. The number of aliphatic hydroxyl groups is 1. The molecule has 0 aliphatic carbocycles. The summed E-state index contributed by atoms with van der Waals surface area (Å²) in [6.45, 7) is 2.45. The van der Waals surface area contributed by atoms with Crippen molar-refractivity contribution in [3.8, 4) is 0 Å². The monoisotopic (exact) mass is 366 g/mol. The van der Waals surface area contributed by atoms with Crippen molar-refractivity contribution in [2.24, 2.45) is 0 Å². The third-order valence-electron chi connectivity index (χ3n) is 5.02. The van der Waals surface area contributed by atoms with Crippen LogP contribution in [-0.4, -0.2) is 51.2 Å². The van der Waals surface area contributed by atoms with Gasteiger partial charge in [-0.15, -0.1) is 0 Å². The van der Waals surface area contributed by atoms with Crippen LogP contribution in [0, 0.1) is 6.92 Å². The number of carbonyl (C=O) groups excluding carboxylic acids is 1. The number of hydrogen-bond acceptors (Lipinski definition) is 6. The van der Waals surface area contributed by atoms with E-state index in [1.165, 1.54) is 6.33 Å². The van der Waals surface area contributed by atoms with Gasteiger partial charge in [-0.3, -0.25) is 4.79 Å². The van der Waals surface area contributed by atoms with Crippen LogP contribution in [0.15, 0.2) is 36.8 Å². The van der Waals surface area contributed by atoms with Gasteiger partial charge in [0.2, 0.25) is 0 Å². The summed E-state index contributed by atoms with van der Waals surface area (Å²) in [5.41, 5.74) is 2.76. The molecule has 1 fully saturated rings. The highest BCUT2D eigenvalue weighted by Crippen LogP contribution is 2.28. The number of aromatic nitrogens is 3. The Morgan fingerprint density at radius 1 is 1.30 bits per heavy atom. The zero-order valence-electron chi connectivity index (χ0n) is 15.1. The summed E-state index contributed by atoms with van der Waals surface area (Å²) >= 11 is 0. The number of rotatable bonds is 5. The third-order valence-corrected chi connectivity index (χ3v) is 5.02. The Hall–Kier alpha value is -2.77. The smallest absolute Gasteiger partial charge is 0.195 e. The molecule has 1 saturated heterocycles. The fraction of sp³-hybridized carbons (Fsp3) is 0.350. The standard InChI is InChI=1S/C20H22N4O3/c1-12-4-2-3-5-15(12)18(26)16-8-21-19-17(16)20(23-11-22-19)24-13-6-7-14(9-25)27-10-13/h2-5,8,11,13-14,25H,6-7,9-10H2,1H3,(H2,21,22,23,24)/t13-,14+/m1/s1. The zero-order chi connectivity index (χ0) is 18.8. The number of carbonyl (C=O) groups is 1. The van der Waals surface area contributed by atoms with E-state index in [-0.39, 0.29) is 24.5 Å². The van der Waals surface area contributed by atoms with E-state index in [4.69, 9.17) is 4.74 Å². The van der Waals surface area contributed by atoms with Crippen molar-refractivity contribution < 1.29 is 14.6 Å². The molecule has 3 aromatic rings. The van der Waals surface area contributed by atoms with Gasteiger partial charge < -0.3 is 20.1 Å². The van der Waals surface area contributed by atoms with Crippen LogP contribution in [0.2, 0.25) is 0 Å². The van der Waals surface area contributed by atoms with E-state index in [0.717, 1.165) is 18.4 Å². The molecule has 0 spiro atoms. The molecule has 0 amide bonds. The lowest BCUT2D eigenvalue weighted by Gasteiger charge is -2.29. The second-order valence-corrected chi connectivity index (χ2v) is 6.85. The molecular weight excluding hydrogens is 344 g/mol. The molecule has 0 unspecified atom stereocenters. The van der Waals surface area contributed by atoms with Gasteiger partial charge >= 0.3 is 0 Å². The summed E-state index contributed by atoms with van der Waals surface area (Å²) in [6, 6.07) is 7.61. The first kappa shape index (κ1) is 17.6. The molecule has 1 aliphatic rings. The highest BCUT2D eigenvalue weighted by Gasteiger charge is 2.24. The number of nitrogens with zero attached hydrogens (tertiary/aromatic N) is 2. The second kappa shape index (κ2) is 7.46. The van der Waals surface area contributed by atoms with Crippen molar-refractivity contribution in [1.29, 1.82) is 0 Å². The lowest BCUT2D eigenvalue weighted by atomic mass is 9.99. The number of nitrogens with one attached hydrogen (secondary N) is 2. The topological polar surface area (TPSA) is 100 Å². The van der Waals surface area contributed by atoms with Gasteiger partial charge in [-0.1, -0.05) is 24.3 Å². The second-order valence-electron chi connectivity index (χ2n) is 6.85. The molecule has 2 aromatic heterocycles. The quantitative estimate of drug-likeness (QED) is 0.600. The van der Waals surface area contributed by atoms with Crippen LogP contribution in [0.5, 0.6) is 0 Å². The first-order valence-electron chi connectivity index (χ1n) is 9.08. The molecule has 1 aliphatic heterocycles. The van der Waals surface area contributed by atoms with Crippen molar-refractivity contribution in [2.45, 2.75) is 31.9 Å². The number of ketones is 1. The van der Waals surface area contributed by atoms with E-state index in [2.05, 4.69) is 20.3 Å². The van der Waals surface area contributed by atoms with Crippen molar-refractivity contribution >= 4 is 22.6 Å². The normalized spacial score (nSPS) is 19.9. The van der Waals surface area contributed by atoms with Crippen LogP contribution in [-0.2, 0) is 4.74 Å². The Labute approximate surface area is 156 Å². The van der Waals surface area contributed by atoms with Crippen LogP contribution < -0.4 is 5.32 Å². The van der Waals surface area contributed by atoms with Gasteiger partial charge in [0.1, 0.15) is 17.8 Å². The number of benzene rings is 1. The number of ether oxygens (including phenoxy) is 1. The summed E-state index contributed by atoms with van der Waals surface area (Å²) in [5, 5.41) is 13.3. The van der Waals surface area contributed by atoms with Crippen molar-refractivity contribution in [3.05, 3.63) is 53.5 Å². The number of aryl methyl sites for hydroxylation is 1. The van der Waals surface area contributed by atoms with Crippen LogP contribution in [0.3, 0.4) is 0 Å². The molecule has 4 rings (SSSR count). The first-order chi connectivity index (χ1) is 13.2. The lowest BCUT2D eigenvalue weighted by Crippen LogP contribution is -2.36. The number of anilines is 1. The largest absolute Gasteiger partial charge is 0.394 e. The summed E-state index contributed by atoms with van der Waals surface area (Å²) in [6.07, 6.45) is 4.72. The highest BCUT2D eigenvalue weighted by molar-refractivity contribution is 6.18. The average Bonchev–Trinajstić information content (AvgIpc) is 3.14. The van der Waals surface area contributed by atoms with E-state index in [0.29, 0.717) is 34.6 Å². The Kier molecular flexibility index (Phi) is 4.87. The lowest BCUT2D eigenvalue weighted by molar-refractivity contribution is -0.0224. The number of fused-ring (bicyclic) bond motifs is 1. The van der Waals surface area contributed by atoms with Gasteiger partial charge in [0.15, 0.2) is 5.78 Å². The van der Waals surface area contributed by atoms with Crippen LogP contribution in [0.1, 0.15) is 34.3 Å². The molecular formula is C20H22N4O3. The van der Waals surface area contributed by atoms with Crippen LogP contribution >= 0.6 is 0 Å². The molecule has 3 N–H and O–H groups in total. The SMILES string of the molecule is Cc1ccccc1C(=O)c1c[nH]c2ncnc(N[C@@H]3CC[C@@H](CO)OC3)c12. The number of hydrogen-bond donors (Lipinski definition) is 3. The number of aromatic amines is 1. The molecule has 2 atom stereocenters. The molecule has 0 radical (unpaired) electrons. The maximum atomic E-state index is 13.1. The Bertz CT molecular complexity index is 961. The molecule has 140 valence electrons. The first-order valence-corrected chi connectivity index (χ1v) is 9.08. The minimum Gasteiger partial charge on any atom is -0.394 e. The maximum Gasteiger partial charge on any atom is 0.195 e. The molecule has 0 saturated carbocycles. The van der Waals surface area contributed by atoms with E-state index in [1.807, 2.05) is 31.2 Å². The summed E-state index contributed by atoms with van der Waals surface area (Å²) < 4.78 is 5.64. The Morgan fingerprint density at radius 3 is 2.89 bits per heavy atom. The van der Waals surface area contributed by atoms with E-state index in [1.54, 1.807) is 6.20 Å². The molecule has 0 bridgehead atoms. The highest BCUT2D eigenvalue weighted by atomic mass is 16.5. The molecule has 7 nitrogen and oxygen atoms in total. The average molecular weight is 366 g/mol. The fourth-order valence-corrected chi connectivity index (χ4v) is 3.48. The zero-order valence-corrected chi connectivity index (χ0v) is 15.1. The van der Waals surface area contributed by atoms with Crippen molar-refractivity contribution in [2.75, 3.05) is 18.5 Å². The Balaban J connectivity index is 1.66. The minimum atomic E-state index is -0.0982. The van der Waals surface area contributed by atoms with E-state index >= 15 is 0 Å². The third kappa shape index (κ3) is 3.43. The van der Waals surface area contributed by atoms with Crippen molar-refractivity contribution in [1.82, 2.24) is 15.0 Å². The van der Waals surface area contributed by atoms with Gasteiger partial charge in [-0.05, 0) is 25.3 Å². The summed E-state index contributed by atoms with van der Waals surface area (Å²) in [5.74, 6) is 0.562. The summed E-state index contributed by atoms with van der Waals surface area (Å²) in [7, 11) is 0. The molecule has 1 aromatic carbocycles. The van der Waals surface area contributed by atoms with E-state index < -0.39 is 0 Å². The van der Waals surface area contributed by atoms with E-state index in [9.17, 15) is 9.90 Å². The molecule has 7 heteroatoms. The van der Waals surface area contributed by atoms with Gasteiger partial charge in [-0.25, -0.2) is 9.97 Å². The fourth-order valence-electron chi connectivity index (χ4n) is 3.48. The number of aliphatic hydroxyl groups excluding tert-OH is 1. The van der Waals surface area contributed by atoms with Gasteiger partial charge in [0.05, 0.1) is 36.3 Å². The van der Waals surface area contributed by atoms with Crippen LogP contribution in [0.25, 0.3) is 11.0 Å². The Morgan fingerprint density at radius 2 is 2.15 bits per heavy atom. The molecule has 27 heavy (non-hydrogen) atoms. The van der Waals surface area contributed by atoms with Gasteiger partial charge in [-0.2, -0.15) is 0 Å². The maximum absolute atomic E-state index is 13.1. The predicted octanol–water partition coefficient (Wildman–Crippen LogP) is 2.45.